The number of nitrogen functional groups attached to an aromatic ring is 1. The Kier molecular flexibility index (Phi) is 4.55. The Morgan fingerprint density at radius 3 is 2.50 bits per heavy atom. The van der Waals surface area contributed by atoms with Crippen LogP contribution in [-0.4, -0.2) is 8.42 Å². The maximum Gasteiger partial charge on any atom is 0.263 e. The molecule has 0 spiro atoms. The summed E-state index contributed by atoms with van der Waals surface area (Å²) in [4.78, 5) is 0.0619. The van der Waals surface area contributed by atoms with E-state index in [1.54, 1.807) is 0 Å². The minimum absolute atomic E-state index is 0.0619. The number of nitrogens with one attached hydrogen (secondary N) is 1. The molecule has 0 unspecified atom stereocenters. The van der Waals surface area contributed by atoms with Gasteiger partial charge in [-0.3, -0.25) is 4.72 Å². The van der Waals surface area contributed by atoms with Crippen molar-refractivity contribution in [3.63, 3.8) is 0 Å². The van der Waals surface area contributed by atoms with Gasteiger partial charge in [0.25, 0.3) is 10.0 Å². The molecule has 0 amide bonds. The SMILES string of the molecule is Nc1ccc(S(=O)(=O)Nc2ccc(F)cc2I)c(Br)c1. The van der Waals surface area contributed by atoms with E-state index in [2.05, 4.69) is 20.7 Å². The second-order valence-electron chi connectivity index (χ2n) is 3.92. The first-order valence-corrected chi connectivity index (χ1v) is 8.68. The van der Waals surface area contributed by atoms with Crippen molar-refractivity contribution in [2.75, 3.05) is 10.5 Å². The minimum Gasteiger partial charge on any atom is -0.399 e. The molecule has 0 aliphatic heterocycles. The number of nitrogens with two attached hydrogens (primary N) is 1. The Bertz CT molecular complexity index is 768. The van der Waals surface area contributed by atoms with Crippen LogP contribution in [0.4, 0.5) is 15.8 Å². The first kappa shape index (κ1) is 15.5. The predicted molar refractivity (Wildman–Crippen MR) is 88.5 cm³/mol. The van der Waals surface area contributed by atoms with Gasteiger partial charge in [-0.05, 0) is 74.9 Å². The lowest BCUT2D eigenvalue weighted by atomic mass is 10.3. The molecule has 0 aliphatic carbocycles. The molecule has 3 N–H and O–H groups in total. The third-order valence-electron chi connectivity index (χ3n) is 2.42. The monoisotopic (exact) mass is 470 g/mol. The standard InChI is InChI=1S/C12H9BrFIN2O2S/c13-9-6-8(16)2-4-12(9)20(18,19)17-11-3-1-7(14)5-10(11)15/h1-6,17H,16H2. The van der Waals surface area contributed by atoms with Crippen LogP contribution >= 0.6 is 38.5 Å². The number of rotatable bonds is 3. The molecule has 8 heteroatoms. The van der Waals surface area contributed by atoms with Crippen LogP contribution in [0.25, 0.3) is 0 Å². The number of sulfonamides is 1. The molecule has 2 aromatic rings. The van der Waals surface area contributed by atoms with Gasteiger partial charge in [-0.2, -0.15) is 0 Å². The molecule has 0 heterocycles. The summed E-state index contributed by atoms with van der Waals surface area (Å²) >= 11 is 5.03. The van der Waals surface area contributed by atoms with Crippen molar-refractivity contribution in [3.05, 3.63) is 50.3 Å². The normalized spacial score (nSPS) is 11.3. The molecule has 0 aliphatic rings. The van der Waals surface area contributed by atoms with E-state index in [0.717, 1.165) is 0 Å². The van der Waals surface area contributed by atoms with Crippen LogP contribution in [0.15, 0.2) is 45.8 Å². The fourth-order valence-corrected chi connectivity index (χ4v) is 4.48. The molecule has 0 radical (unpaired) electrons. The minimum atomic E-state index is -3.78. The smallest absolute Gasteiger partial charge is 0.263 e. The van der Waals surface area contributed by atoms with Crippen molar-refractivity contribution in [2.45, 2.75) is 4.90 Å². The maximum atomic E-state index is 13.0. The predicted octanol–water partition coefficient (Wildman–Crippen LogP) is 3.58. The number of halogens is 3. The fourth-order valence-electron chi connectivity index (χ4n) is 1.51. The summed E-state index contributed by atoms with van der Waals surface area (Å²) in [7, 11) is -3.78. The van der Waals surface area contributed by atoms with Crippen molar-refractivity contribution in [1.82, 2.24) is 0 Å². The largest absolute Gasteiger partial charge is 0.399 e. The fraction of sp³-hybridized carbons (Fsp3) is 0. The molecule has 2 aromatic carbocycles. The zero-order valence-electron chi connectivity index (χ0n) is 9.90. The molecule has 0 saturated heterocycles. The van der Waals surface area contributed by atoms with E-state index in [1.807, 2.05) is 22.6 Å². The molecule has 2 rings (SSSR count). The zero-order chi connectivity index (χ0) is 14.9. The van der Waals surface area contributed by atoms with Crippen molar-refractivity contribution in [3.8, 4) is 0 Å². The molecule has 0 bridgehead atoms. The van der Waals surface area contributed by atoms with Gasteiger partial charge in [0.05, 0.1) is 5.69 Å². The van der Waals surface area contributed by atoms with Crippen LogP contribution in [0, 0.1) is 9.39 Å². The van der Waals surface area contributed by atoms with Crippen molar-refractivity contribution < 1.29 is 12.8 Å². The third-order valence-corrected chi connectivity index (χ3v) is 5.66. The first-order chi connectivity index (χ1) is 9.29. The molecule has 4 nitrogen and oxygen atoms in total. The lowest BCUT2D eigenvalue weighted by Crippen LogP contribution is -2.14. The van der Waals surface area contributed by atoms with E-state index in [9.17, 15) is 12.8 Å². The van der Waals surface area contributed by atoms with Gasteiger partial charge in [0.15, 0.2) is 0 Å². The molecule has 106 valence electrons. The zero-order valence-corrected chi connectivity index (χ0v) is 14.5. The summed E-state index contributed by atoms with van der Waals surface area (Å²) in [5, 5.41) is 0. The highest BCUT2D eigenvalue weighted by molar-refractivity contribution is 14.1. The van der Waals surface area contributed by atoms with Gasteiger partial charge in [-0.1, -0.05) is 0 Å². The van der Waals surface area contributed by atoms with E-state index in [1.165, 1.54) is 36.4 Å². The number of anilines is 2. The van der Waals surface area contributed by atoms with E-state index in [4.69, 9.17) is 5.73 Å². The highest BCUT2D eigenvalue weighted by atomic mass is 127. The van der Waals surface area contributed by atoms with Crippen molar-refractivity contribution in [1.29, 1.82) is 0 Å². The van der Waals surface area contributed by atoms with Crippen LogP contribution in [0.2, 0.25) is 0 Å². The molecular formula is C12H9BrFIN2O2S. The Morgan fingerprint density at radius 1 is 1.20 bits per heavy atom. The highest BCUT2D eigenvalue weighted by Crippen LogP contribution is 2.28. The average molecular weight is 471 g/mol. The van der Waals surface area contributed by atoms with E-state index in [-0.39, 0.29) is 4.90 Å². The Balaban J connectivity index is 2.41. The van der Waals surface area contributed by atoms with Gasteiger partial charge in [0.1, 0.15) is 10.7 Å². The Labute approximate surface area is 137 Å². The van der Waals surface area contributed by atoms with Gasteiger partial charge in [-0.15, -0.1) is 0 Å². The number of hydrogen-bond acceptors (Lipinski definition) is 3. The third kappa shape index (κ3) is 3.41. The molecule has 0 aromatic heterocycles. The Morgan fingerprint density at radius 2 is 1.90 bits per heavy atom. The summed E-state index contributed by atoms with van der Waals surface area (Å²) in [5.41, 5.74) is 6.34. The quantitative estimate of drug-likeness (QED) is 0.532. The summed E-state index contributed by atoms with van der Waals surface area (Å²) < 4.78 is 40.8. The van der Waals surface area contributed by atoms with Gasteiger partial charge < -0.3 is 5.73 Å². The van der Waals surface area contributed by atoms with Crippen molar-refractivity contribution >= 4 is 59.9 Å². The summed E-state index contributed by atoms with van der Waals surface area (Å²) in [5.74, 6) is -0.425. The molecule has 0 atom stereocenters. The molecule has 20 heavy (non-hydrogen) atoms. The first-order valence-electron chi connectivity index (χ1n) is 5.32. The van der Waals surface area contributed by atoms with E-state index < -0.39 is 15.8 Å². The lowest BCUT2D eigenvalue weighted by molar-refractivity contribution is 0.600. The van der Waals surface area contributed by atoms with Gasteiger partial charge in [0.2, 0.25) is 0 Å². The van der Waals surface area contributed by atoms with E-state index >= 15 is 0 Å². The Hall–Kier alpha value is -0.870. The number of benzene rings is 2. The van der Waals surface area contributed by atoms with Gasteiger partial charge in [-0.25, -0.2) is 12.8 Å². The van der Waals surface area contributed by atoms with Crippen LogP contribution in [-0.2, 0) is 10.0 Å². The second-order valence-corrected chi connectivity index (χ2v) is 7.59. The molecule has 0 fully saturated rings. The topological polar surface area (TPSA) is 72.2 Å². The van der Waals surface area contributed by atoms with Crippen molar-refractivity contribution in [2.24, 2.45) is 0 Å². The van der Waals surface area contributed by atoms with Gasteiger partial charge in [0, 0.05) is 13.7 Å². The average Bonchev–Trinajstić information content (AvgIpc) is 2.32. The summed E-state index contributed by atoms with van der Waals surface area (Å²) in [6.07, 6.45) is 0. The van der Waals surface area contributed by atoms with Crippen LogP contribution < -0.4 is 10.5 Å². The molecule has 0 saturated carbocycles. The lowest BCUT2D eigenvalue weighted by Gasteiger charge is -2.11. The summed E-state index contributed by atoms with van der Waals surface area (Å²) in [6, 6.07) is 8.21. The van der Waals surface area contributed by atoms with Gasteiger partial charge >= 0.3 is 0 Å². The van der Waals surface area contributed by atoms with Crippen LogP contribution in [0.1, 0.15) is 0 Å². The molecular weight excluding hydrogens is 462 g/mol. The summed E-state index contributed by atoms with van der Waals surface area (Å²) in [6.45, 7) is 0. The number of hydrogen-bond donors (Lipinski definition) is 2. The highest BCUT2D eigenvalue weighted by Gasteiger charge is 2.19. The maximum absolute atomic E-state index is 13.0. The van der Waals surface area contributed by atoms with E-state index in [0.29, 0.717) is 19.4 Å². The van der Waals surface area contributed by atoms with Crippen LogP contribution in [0.5, 0.6) is 0 Å². The van der Waals surface area contributed by atoms with Crippen LogP contribution in [0.3, 0.4) is 0 Å². The second kappa shape index (κ2) is 5.86.